The molecule has 1 atom stereocenters. The second kappa shape index (κ2) is 4.28. The van der Waals surface area contributed by atoms with Crippen LogP contribution in [0.3, 0.4) is 0 Å². The monoisotopic (exact) mass is 235 g/mol. The summed E-state index contributed by atoms with van der Waals surface area (Å²) >= 11 is 0. The van der Waals surface area contributed by atoms with Crippen molar-refractivity contribution in [1.82, 2.24) is 0 Å². The van der Waals surface area contributed by atoms with Gasteiger partial charge in [0.1, 0.15) is 0 Å². The van der Waals surface area contributed by atoms with Gasteiger partial charge in [-0.25, -0.2) is 0 Å². The summed E-state index contributed by atoms with van der Waals surface area (Å²) in [7, 11) is 0. The zero-order valence-electron chi connectivity index (χ0n) is 11.3. The van der Waals surface area contributed by atoms with Crippen molar-refractivity contribution >= 4 is 0 Å². The maximum absolute atomic E-state index is 11.3. The molecule has 2 aliphatic rings. The first-order chi connectivity index (χ1) is 7.97. The van der Waals surface area contributed by atoms with Crippen LogP contribution in [0.15, 0.2) is 0 Å². The van der Waals surface area contributed by atoms with Gasteiger partial charge < -0.3 is 5.11 Å². The van der Waals surface area contributed by atoms with Crippen LogP contribution in [0.1, 0.15) is 71.6 Å². The highest BCUT2D eigenvalue weighted by atomic mass is 16.3. The molecule has 0 saturated heterocycles. The predicted octanol–water partition coefficient (Wildman–Crippen LogP) is 3.79. The molecular formula is C15H25NO. The number of nitriles is 1. The SMILES string of the molecule is CC1(C)CCCCC1(O)C1(C#N)CCCCC1. The second-order valence-corrected chi connectivity index (χ2v) is 6.71. The fourth-order valence-electron chi connectivity index (χ4n) is 4.15. The lowest BCUT2D eigenvalue weighted by atomic mass is 9.51. The molecule has 1 unspecified atom stereocenters. The molecule has 0 heterocycles. The molecule has 1 N–H and O–H groups in total. The van der Waals surface area contributed by atoms with Crippen molar-refractivity contribution in [1.29, 1.82) is 5.26 Å². The smallest absolute Gasteiger partial charge is 0.0883 e. The highest BCUT2D eigenvalue weighted by Gasteiger charge is 2.59. The van der Waals surface area contributed by atoms with Gasteiger partial charge >= 0.3 is 0 Å². The third kappa shape index (κ3) is 1.80. The highest BCUT2D eigenvalue weighted by molar-refractivity contribution is 5.17. The normalized spacial score (nSPS) is 36.1. The van der Waals surface area contributed by atoms with E-state index < -0.39 is 11.0 Å². The Morgan fingerprint density at radius 2 is 1.41 bits per heavy atom. The van der Waals surface area contributed by atoms with Crippen molar-refractivity contribution in [2.45, 2.75) is 77.2 Å². The number of rotatable bonds is 1. The van der Waals surface area contributed by atoms with Crippen molar-refractivity contribution in [3.63, 3.8) is 0 Å². The zero-order chi connectivity index (χ0) is 12.6. The lowest BCUT2D eigenvalue weighted by Gasteiger charge is -2.56. The molecule has 0 aromatic heterocycles. The minimum Gasteiger partial charge on any atom is -0.388 e. The van der Waals surface area contributed by atoms with Gasteiger partial charge in [-0.2, -0.15) is 5.26 Å². The topological polar surface area (TPSA) is 44.0 Å². The van der Waals surface area contributed by atoms with Gasteiger partial charge in [-0.1, -0.05) is 46.0 Å². The van der Waals surface area contributed by atoms with E-state index in [1.807, 2.05) is 0 Å². The van der Waals surface area contributed by atoms with Crippen molar-refractivity contribution in [3.05, 3.63) is 0 Å². The molecule has 2 fully saturated rings. The Kier molecular flexibility index (Phi) is 3.25. The quantitative estimate of drug-likeness (QED) is 0.751. The summed E-state index contributed by atoms with van der Waals surface area (Å²) in [4.78, 5) is 0. The molecule has 0 aromatic rings. The molecule has 96 valence electrons. The van der Waals surface area contributed by atoms with E-state index in [9.17, 15) is 10.4 Å². The van der Waals surface area contributed by atoms with Gasteiger partial charge in [-0.05, 0) is 31.1 Å². The van der Waals surface area contributed by atoms with Crippen molar-refractivity contribution in [2.75, 3.05) is 0 Å². The predicted molar refractivity (Wildman–Crippen MR) is 68.3 cm³/mol. The number of hydrogen-bond donors (Lipinski definition) is 1. The first-order valence-electron chi connectivity index (χ1n) is 7.11. The van der Waals surface area contributed by atoms with Gasteiger partial charge in [0.25, 0.3) is 0 Å². The van der Waals surface area contributed by atoms with E-state index in [-0.39, 0.29) is 5.41 Å². The third-order valence-corrected chi connectivity index (χ3v) is 5.42. The number of nitrogens with zero attached hydrogens (tertiary/aromatic N) is 1. The summed E-state index contributed by atoms with van der Waals surface area (Å²) in [6.07, 6.45) is 9.34. The van der Waals surface area contributed by atoms with Gasteiger partial charge in [-0.3, -0.25) is 0 Å². The molecule has 2 heteroatoms. The summed E-state index contributed by atoms with van der Waals surface area (Å²) in [5.41, 5.74) is -1.36. The first kappa shape index (κ1) is 12.9. The number of hydrogen-bond acceptors (Lipinski definition) is 2. The van der Waals surface area contributed by atoms with Crippen molar-refractivity contribution in [2.24, 2.45) is 10.8 Å². The van der Waals surface area contributed by atoms with E-state index >= 15 is 0 Å². The minimum absolute atomic E-state index is 0.113. The molecule has 2 nitrogen and oxygen atoms in total. The summed E-state index contributed by atoms with van der Waals surface area (Å²) < 4.78 is 0. The zero-order valence-corrected chi connectivity index (χ0v) is 11.3. The average molecular weight is 235 g/mol. The Morgan fingerprint density at radius 1 is 0.882 bits per heavy atom. The van der Waals surface area contributed by atoms with E-state index in [0.29, 0.717) is 0 Å². The van der Waals surface area contributed by atoms with Crippen LogP contribution < -0.4 is 0 Å². The molecule has 0 bridgehead atoms. The summed E-state index contributed by atoms with van der Waals surface area (Å²) in [5, 5.41) is 20.9. The molecule has 0 amide bonds. The molecule has 0 radical (unpaired) electrons. The first-order valence-corrected chi connectivity index (χ1v) is 7.11. The largest absolute Gasteiger partial charge is 0.388 e. The standard InChI is InChI=1S/C15H25NO/c1-13(2)8-6-7-11-15(13,17)14(12-16)9-4-3-5-10-14/h17H,3-11H2,1-2H3. The van der Waals surface area contributed by atoms with Crippen LogP contribution in [0, 0.1) is 22.2 Å². The lowest BCUT2D eigenvalue weighted by Crippen LogP contribution is -2.59. The van der Waals surface area contributed by atoms with E-state index in [1.165, 1.54) is 12.8 Å². The van der Waals surface area contributed by atoms with Crippen LogP contribution in [0.4, 0.5) is 0 Å². The Hall–Kier alpha value is -0.550. The van der Waals surface area contributed by atoms with Crippen molar-refractivity contribution < 1.29 is 5.11 Å². The molecule has 0 aromatic carbocycles. The van der Waals surface area contributed by atoms with E-state index in [1.54, 1.807) is 0 Å². The Bertz CT molecular complexity index is 322. The van der Waals surface area contributed by atoms with Gasteiger partial charge in [0.2, 0.25) is 0 Å². The molecule has 17 heavy (non-hydrogen) atoms. The van der Waals surface area contributed by atoms with Gasteiger partial charge in [0.15, 0.2) is 0 Å². The third-order valence-electron chi connectivity index (χ3n) is 5.42. The molecule has 2 rings (SSSR count). The highest BCUT2D eigenvalue weighted by Crippen LogP contribution is 2.57. The maximum atomic E-state index is 11.3. The summed E-state index contributed by atoms with van der Waals surface area (Å²) in [6, 6.07) is 2.53. The van der Waals surface area contributed by atoms with Crippen LogP contribution in [0.5, 0.6) is 0 Å². The molecular weight excluding hydrogens is 210 g/mol. The fourth-order valence-corrected chi connectivity index (χ4v) is 4.15. The van der Waals surface area contributed by atoms with Gasteiger partial charge in [0.05, 0.1) is 17.1 Å². The Morgan fingerprint density at radius 3 is 1.94 bits per heavy atom. The summed E-state index contributed by atoms with van der Waals surface area (Å²) in [5.74, 6) is 0. The van der Waals surface area contributed by atoms with Crippen molar-refractivity contribution in [3.8, 4) is 6.07 Å². The van der Waals surface area contributed by atoms with Crippen LogP contribution >= 0.6 is 0 Å². The second-order valence-electron chi connectivity index (χ2n) is 6.71. The van der Waals surface area contributed by atoms with E-state index in [2.05, 4.69) is 19.9 Å². The molecule has 0 spiro atoms. The Balaban J connectivity index is 2.37. The maximum Gasteiger partial charge on any atom is 0.0883 e. The van der Waals surface area contributed by atoms with Crippen LogP contribution in [0.25, 0.3) is 0 Å². The van der Waals surface area contributed by atoms with Gasteiger partial charge in [-0.15, -0.1) is 0 Å². The molecule has 2 saturated carbocycles. The van der Waals surface area contributed by atoms with Gasteiger partial charge in [0, 0.05) is 0 Å². The van der Waals surface area contributed by atoms with Crippen LogP contribution in [0.2, 0.25) is 0 Å². The minimum atomic E-state index is -0.770. The Labute approximate surface area is 105 Å². The fraction of sp³-hybridized carbons (Fsp3) is 0.933. The molecule has 2 aliphatic carbocycles. The number of aliphatic hydroxyl groups is 1. The van der Waals surface area contributed by atoms with Crippen LogP contribution in [-0.2, 0) is 0 Å². The van der Waals surface area contributed by atoms with E-state index in [4.69, 9.17) is 0 Å². The molecule has 0 aliphatic heterocycles. The van der Waals surface area contributed by atoms with E-state index in [0.717, 1.165) is 44.9 Å². The average Bonchev–Trinajstić information content (AvgIpc) is 2.33. The summed E-state index contributed by atoms with van der Waals surface area (Å²) in [6.45, 7) is 4.31. The van der Waals surface area contributed by atoms with Crippen LogP contribution in [-0.4, -0.2) is 10.7 Å². The lowest BCUT2D eigenvalue weighted by molar-refractivity contribution is -0.173.